The number of pyridine rings is 1. The van der Waals surface area contributed by atoms with Crippen LogP contribution in [0, 0.1) is 43.5 Å². The van der Waals surface area contributed by atoms with Gasteiger partial charge in [-0.15, -0.1) is 34.9 Å². The fourth-order valence-electron chi connectivity index (χ4n) is 7.19. The van der Waals surface area contributed by atoms with Crippen LogP contribution >= 0.6 is 0 Å². The van der Waals surface area contributed by atoms with Crippen molar-refractivity contribution in [2.24, 2.45) is 17.8 Å². The number of allylic oxidation sites excluding steroid dienone is 2. The molecule has 1 radical (unpaired) electrons. The molecule has 46 heavy (non-hydrogen) atoms. The van der Waals surface area contributed by atoms with Crippen molar-refractivity contribution >= 4 is 27.3 Å². The molecular formula is C41H51FIrNO2-. The minimum absolute atomic E-state index is 0. The van der Waals surface area contributed by atoms with Gasteiger partial charge in [-0.1, -0.05) is 73.4 Å². The number of aryl methyl sites for hydroxylation is 2. The van der Waals surface area contributed by atoms with Gasteiger partial charge in [0, 0.05) is 44.2 Å². The fourth-order valence-corrected chi connectivity index (χ4v) is 7.19. The Morgan fingerprint density at radius 2 is 1.61 bits per heavy atom. The number of fused-ring (bicyclic) bond motifs is 3. The van der Waals surface area contributed by atoms with E-state index in [9.17, 15) is 14.3 Å². The topological polar surface area (TPSA) is 50.2 Å². The molecule has 5 heteroatoms. The monoisotopic (exact) mass is 801 g/mol. The number of carbonyl (C=O) groups excluding carboxylic acids is 1. The number of aromatic nitrogens is 1. The molecule has 1 aromatic heterocycles. The molecule has 3 nitrogen and oxygen atoms in total. The summed E-state index contributed by atoms with van der Waals surface area (Å²) in [4.78, 5) is 16.5. The van der Waals surface area contributed by atoms with E-state index in [1.165, 1.54) is 48.3 Å². The Hall–Kier alpha value is -2.88. The standard InChI is InChI=1S/C28H27FN.C13H24O2.Ir/c1-17-12-18(2)14-22(13-17)28-27-21(10-11-30-28)15-25(19(3)20-6-4-5-7-20)26-16-23(29)8-9-24(26)27;1-5-10(6-2)12(14)9-13(15)11(7-3)8-4;/h8-13,15-16,19-20H,4-7H2,1-3H3;9-11,14H,5-8H2,1-4H3;/q-1;;/b;12-9-;. The number of rotatable bonds is 10. The van der Waals surface area contributed by atoms with Crippen molar-refractivity contribution in [3.8, 4) is 11.3 Å². The van der Waals surface area contributed by atoms with Crippen LogP contribution in [0.25, 0.3) is 32.8 Å². The molecule has 4 aromatic rings. The Balaban J connectivity index is 0.000000309. The molecular weight excluding hydrogens is 750 g/mol. The Morgan fingerprint density at radius 3 is 2.22 bits per heavy atom. The van der Waals surface area contributed by atoms with Crippen molar-refractivity contribution in [3.05, 3.63) is 89.1 Å². The van der Waals surface area contributed by atoms with E-state index in [0.29, 0.717) is 11.8 Å². The summed E-state index contributed by atoms with van der Waals surface area (Å²) in [6, 6.07) is 17.4. The maximum absolute atomic E-state index is 14.4. The van der Waals surface area contributed by atoms with Crippen LogP contribution in [0.15, 0.2) is 60.5 Å². The van der Waals surface area contributed by atoms with Gasteiger partial charge >= 0.3 is 0 Å². The molecule has 0 bridgehead atoms. The Morgan fingerprint density at radius 1 is 0.957 bits per heavy atom. The SMILES string of the molecule is CCC(CC)C(=O)/C=C(\O)C(CC)CC.Cc1[c-]c(-c2nccc3cc(C(C)C4CCCC4)c4cc(F)ccc4c23)cc(C)c1.[Ir]. The van der Waals surface area contributed by atoms with Gasteiger partial charge in [0.05, 0.1) is 5.76 Å². The first-order chi connectivity index (χ1) is 21.6. The summed E-state index contributed by atoms with van der Waals surface area (Å²) in [5, 5.41) is 14.1. The van der Waals surface area contributed by atoms with Crippen LogP contribution in [0.4, 0.5) is 4.39 Å². The summed E-state index contributed by atoms with van der Waals surface area (Å²) >= 11 is 0. The predicted octanol–water partition coefficient (Wildman–Crippen LogP) is 11.8. The Kier molecular flexibility index (Phi) is 14.1. The number of benzene rings is 3. The molecule has 0 amide bonds. The van der Waals surface area contributed by atoms with Gasteiger partial charge in [0.2, 0.25) is 0 Å². The second kappa shape index (κ2) is 17.3. The zero-order chi connectivity index (χ0) is 32.7. The van der Waals surface area contributed by atoms with E-state index in [1.54, 1.807) is 12.1 Å². The van der Waals surface area contributed by atoms with Crippen LogP contribution in [0.5, 0.6) is 0 Å². The second-order valence-electron chi connectivity index (χ2n) is 13.0. The van der Waals surface area contributed by atoms with Crippen molar-refractivity contribution < 1.29 is 34.4 Å². The maximum atomic E-state index is 14.4. The van der Waals surface area contributed by atoms with Crippen LogP contribution < -0.4 is 0 Å². The summed E-state index contributed by atoms with van der Waals surface area (Å²) < 4.78 is 14.4. The molecule has 249 valence electrons. The summed E-state index contributed by atoms with van der Waals surface area (Å²) in [5.74, 6) is 1.48. The number of halogens is 1. The number of aliphatic hydroxyl groups excluding tert-OH is 1. The minimum Gasteiger partial charge on any atom is -0.512 e. The summed E-state index contributed by atoms with van der Waals surface area (Å²) in [7, 11) is 0. The molecule has 1 heterocycles. The van der Waals surface area contributed by atoms with E-state index in [1.807, 2.05) is 40.0 Å². The van der Waals surface area contributed by atoms with Crippen molar-refractivity contribution in [2.45, 2.75) is 106 Å². The summed E-state index contributed by atoms with van der Waals surface area (Å²) in [6.07, 6.45) is 12.0. The third-order valence-electron chi connectivity index (χ3n) is 9.94. The minimum atomic E-state index is -0.176. The van der Waals surface area contributed by atoms with Crippen LogP contribution in [0.2, 0.25) is 0 Å². The van der Waals surface area contributed by atoms with Gasteiger partial charge in [0.25, 0.3) is 0 Å². The molecule has 0 spiro atoms. The average Bonchev–Trinajstić information content (AvgIpc) is 3.56. The molecule has 1 atom stereocenters. The Labute approximate surface area is 289 Å². The molecule has 5 rings (SSSR count). The molecule has 1 saturated carbocycles. The maximum Gasteiger partial charge on any atom is 0.162 e. The molecule has 1 aliphatic carbocycles. The van der Waals surface area contributed by atoms with Gasteiger partial charge in [-0.2, -0.15) is 0 Å². The van der Waals surface area contributed by atoms with Crippen LogP contribution in [0.3, 0.4) is 0 Å². The second-order valence-corrected chi connectivity index (χ2v) is 13.0. The normalized spacial score (nSPS) is 14.4. The third kappa shape index (κ3) is 8.72. The molecule has 1 aliphatic rings. The molecule has 0 aliphatic heterocycles. The number of ketones is 1. The zero-order valence-corrected chi connectivity index (χ0v) is 31.1. The predicted molar refractivity (Wildman–Crippen MR) is 187 cm³/mol. The molecule has 1 fully saturated rings. The number of aliphatic hydroxyl groups is 1. The smallest absolute Gasteiger partial charge is 0.162 e. The number of nitrogens with zero attached hydrogens (tertiary/aromatic N) is 1. The largest absolute Gasteiger partial charge is 0.512 e. The van der Waals surface area contributed by atoms with Gasteiger partial charge < -0.3 is 10.1 Å². The first-order valence-electron chi connectivity index (χ1n) is 17.1. The van der Waals surface area contributed by atoms with Crippen LogP contribution in [-0.4, -0.2) is 15.9 Å². The third-order valence-corrected chi connectivity index (χ3v) is 9.94. The van der Waals surface area contributed by atoms with Crippen LogP contribution in [-0.2, 0) is 24.9 Å². The van der Waals surface area contributed by atoms with Gasteiger partial charge in [0.15, 0.2) is 5.78 Å². The van der Waals surface area contributed by atoms with Gasteiger partial charge in [0.1, 0.15) is 5.82 Å². The molecule has 1 unspecified atom stereocenters. The quantitative estimate of drug-likeness (QED) is 0.0752. The fraction of sp³-hybridized carbons (Fsp3) is 0.463. The van der Waals surface area contributed by atoms with E-state index >= 15 is 0 Å². The van der Waals surface area contributed by atoms with Crippen molar-refractivity contribution in [3.63, 3.8) is 0 Å². The number of hydrogen-bond donors (Lipinski definition) is 1. The van der Waals surface area contributed by atoms with E-state index in [0.717, 1.165) is 58.7 Å². The molecule has 0 saturated heterocycles. The van der Waals surface area contributed by atoms with Crippen molar-refractivity contribution in [2.75, 3.05) is 0 Å². The first-order valence-corrected chi connectivity index (χ1v) is 17.1. The van der Waals surface area contributed by atoms with Gasteiger partial charge in [-0.05, 0) is 101 Å². The Bertz CT molecular complexity index is 1630. The summed E-state index contributed by atoms with van der Waals surface area (Å²) in [6.45, 7) is 14.6. The number of carbonyl (C=O) groups is 1. The summed E-state index contributed by atoms with van der Waals surface area (Å²) in [5.41, 5.74) is 5.49. The van der Waals surface area contributed by atoms with E-state index < -0.39 is 0 Å². The van der Waals surface area contributed by atoms with E-state index in [4.69, 9.17) is 4.98 Å². The molecule has 3 aromatic carbocycles. The van der Waals surface area contributed by atoms with Crippen molar-refractivity contribution in [1.29, 1.82) is 0 Å². The van der Waals surface area contributed by atoms with Gasteiger partial charge in [-0.3, -0.25) is 4.79 Å². The van der Waals surface area contributed by atoms with Gasteiger partial charge in [-0.25, -0.2) is 4.39 Å². The first kappa shape index (κ1) is 37.6. The zero-order valence-electron chi connectivity index (χ0n) is 28.7. The molecule has 1 N–H and O–H groups in total. The van der Waals surface area contributed by atoms with E-state index in [2.05, 4.69) is 51.1 Å². The van der Waals surface area contributed by atoms with Crippen molar-refractivity contribution in [1.82, 2.24) is 4.98 Å². The van der Waals surface area contributed by atoms with Crippen LogP contribution in [0.1, 0.15) is 109 Å². The average molecular weight is 801 g/mol. The van der Waals surface area contributed by atoms with E-state index in [-0.39, 0.29) is 49.3 Å². The number of hydrogen-bond acceptors (Lipinski definition) is 3.